The van der Waals surface area contributed by atoms with Crippen molar-refractivity contribution in [1.29, 1.82) is 0 Å². The highest BCUT2D eigenvalue weighted by atomic mass is 19.4. The first-order valence-electron chi connectivity index (χ1n) is 3.85. The van der Waals surface area contributed by atoms with Crippen LogP contribution in [0.3, 0.4) is 0 Å². The number of carbonyl (C=O) groups is 1. The maximum absolute atomic E-state index is 12.4. The molecule has 1 aromatic rings. The van der Waals surface area contributed by atoms with Gasteiger partial charge in [0.25, 0.3) is 5.78 Å². The second kappa shape index (κ2) is 4.06. The van der Waals surface area contributed by atoms with Crippen LogP contribution in [0.4, 0.5) is 13.2 Å². The van der Waals surface area contributed by atoms with Crippen LogP contribution in [-0.4, -0.2) is 16.8 Å². The molecule has 1 rings (SSSR count). The Balaban J connectivity index is 3.30. The molecule has 0 N–H and O–H groups in total. The van der Waals surface area contributed by atoms with Crippen LogP contribution < -0.4 is 0 Å². The largest absolute Gasteiger partial charge is 0.417 e. The van der Waals surface area contributed by atoms with E-state index in [1.807, 2.05) is 0 Å². The number of nitrogens with zero attached hydrogens (tertiary/aromatic N) is 2. The van der Waals surface area contributed by atoms with Crippen molar-refractivity contribution >= 4 is 12.0 Å². The number of hydrogen-bond acceptors (Lipinski definition) is 1. The number of halogens is 3. The van der Waals surface area contributed by atoms with Crippen LogP contribution in [0.2, 0.25) is 0 Å². The number of ketones is 1. The lowest BCUT2D eigenvalue weighted by molar-refractivity contribution is -0.137. The molecule has 0 saturated carbocycles. The van der Waals surface area contributed by atoms with Crippen LogP contribution in [0.25, 0.3) is 5.53 Å². The van der Waals surface area contributed by atoms with Gasteiger partial charge in [-0.25, -0.2) is 0 Å². The first kappa shape index (κ1) is 11.1. The molecule has 0 unspecified atom stereocenters. The van der Waals surface area contributed by atoms with Crippen molar-refractivity contribution in [3.8, 4) is 0 Å². The minimum Gasteiger partial charge on any atom is -0.361 e. The molecule has 15 heavy (non-hydrogen) atoms. The van der Waals surface area contributed by atoms with E-state index >= 15 is 0 Å². The molecule has 0 aliphatic rings. The first-order valence-corrected chi connectivity index (χ1v) is 3.85. The number of benzene rings is 1. The van der Waals surface area contributed by atoms with Gasteiger partial charge in [-0.2, -0.15) is 18.0 Å². The van der Waals surface area contributed by atoms with Gasteiger partial charge >= 0.3 is 12.4 Å². The Morgan fingerprint density at radius 2 is 1.93 bits per heavy atom. The number of hydrogen-bond donors (Lipinski definition) is 0. The summed E-state index contributed by atoms with van der Waals surface area (Å²) in [5.74, 6) is -0.995. The number of rotatable bonds is 2. The molecule has 0 aliphatic heterocycles. The van der Waals surface area contributed by atoms with Gasteiger partial charge in [0.15, 0.2) is 0 Å². The molecule has 0 bridgehead atoms. The molecule has 0 saturated heterocycles. The van der Waals surface area contributed by atoms with Crippen LogP contribution in [0, 0.1) is 0 Å². The van der Waals surface area contributed by atoms with Gasteiger partial charge in [-0.15, -0.1) is 0 Å². The third-order valence-electron chi connectivity index (χ3n) is 1.67. The normalized spacial score (nSPS) is 10.6. The molecule has 0 atom stereocenters. The average molecular weight is 214 g/mol. The standard InChI is InChI=1S/C9H5F3N2O/c10-9(11,12)7-4-2-1-3-6(7)8(15)5-14-13/h1-5H. The highest BCUT2D eigenvalue weighted by molar-refractivity contribution is 6.33. The predicted octanol–water partition coefficient (Wildman–Crippen LogP) is 2.19. The van der Waals surface area contributed by atoms with Crippen LogP contribution >= 0.6 is 0 Å². The van der Waals surface area contributed by atoms with Gasteiger partial charge in [0.05, 0.1) is 5.56 Å². The molecule has 0 heterocycles. The Bertz CT molecular complexity index is 433. The number of alkyl halides is 3. The monoisotopic (exact) mass is 214 g/mol. The second-order valence-electron chi connectivity index (χ2n) is 2.65. The lowest BCUT2D eigenvalue weighted by Crippen LogP contribution is -2.13. The number of carbonyl (C=O) groups excluding carboxylic acids is 1. The van der Waals surface area contributed by atoms with Gasteiger partial charge in [-0.3, -0.25) is 4.79 Å². The lowest BCUT2D eigenvalue weighted by atomic mass is 10.0. The van der Waals surface area contributed by atoms with Crippen LogP contribution in [0.15, 0.2) is 24.3 Å². The highest BCUT2D eigenvalue weighted by Crippen LogP contribution is 2.31. The van der Waals surface area contributed by atoms with Gasteiger partial charge in [-0.05, 0) is 6.07 Å². The molecule has 3 nitrogen and oxygen atoms in total. The smallest absolute Gasteiger partial charge is 0.361 e. The molecule has 6 heteroatoms. The molecule has 0 fully saturated rings. The van der Waals surface area contributed by atoms with E-state index < -0.39 is 23.1 Å². The van der Waals surface area contributed by atoms with E-state index in [2.05, 4.69) is 4.79 Å². The van der Waals surface area contributed by atoms with Gasteiger partial charge in [0.2, 0.25) is 0 Å². The number of Topliss-reactive ketones (excluding diaryl/α,β-unsaturated/α-hetero) is 1. The van der Waals surface area contributed by atoms with Crippen molar-refractivity contribution in [2.45, 2.75) is 6.18 Å². The Morgan fingerprint density at radius 1 is 1.33 bits per heavy atom. The zero-order chi connectivity index (χ0) is 11.5. The van der Waals surface area contributed by atoms with Crippen LogP contribution in [-0.2, 0) is 6.18 Å². The molecular formula is C9H5F3N2O. The highest BCUT2D eigenvalue weighted by Gasteiger charge is 2.34. The summed E-state index contributed by atoms with van der Waals surface area (Å²) in [6.45, 7) is 0. The molecule has 0 amide bonds. The Hall–Kier alpha value is -1.94. The fourth-order valence-corrected chi connectivity index (χ4v) is 1.07. The van der Waals surface area contributed by atoms with Gasteiger partial charge in [0.1, 0.15) is 0 Å². The predicted molar refractivity (Wildman–Crippen MR) is 45.5 cm³/mol. The lowest BCUT2D eigenvalue weighted by Gasteiger charge is -2.08. The Kier molecular flexibility index (Phi) is 3.01. The van der Waals surface area contributed by atoms with Crippen LogP contribution in [0.1, 0.15) is 15.9 Å². The topological polar surface area (TPSA) is 53.5 Å². The molecule has 0 aliphatic carbocycles. The van der Waals surface area contributed by atoms with E-state index in [9.17, 15) is 18.0 Å². The van der Waals surface area contributed by atoms with Crippen molar-refractivity contribution in [2.24, 2.45) is 0 Å². The summed E-state index contributed by atoms with van der Waals surface area (Å²) in [4.78, 5) is 13.5. The van der Waals surface area contributed by atoms with Crippen molar-refractivity contribution in [1.82, 2.24) is 0 Å². The molecule has 0 spiro atoms. The Morgan fingerprint density at radius 3 is 2.47 bits per heavy atom. The third-order valence-corrected chi connectivity index (χ3v) is 1.67. The van der Waals surface area contributed by atoms with E-state index in [0.717, 1.165) is 12.1 Å². The average Bonchev–Trinajstić information content (AvgIpc) is 2.17. The van der Waals surface area contributed by atoms with Crippen molar-refractivity contribution in [3.63, 3.8) is 0 Å². The summed E-state index contributed by atoms with van der Waals surface area (Å²) in [6.07, 6.45) is -4.18. The van der Waals surface area contributed by atoms with Crippen LogP contribution in [0.5, 0.6) is 0 Å². The fourth-order valence-electron chi connectivity index (χ4n) is 1.07. The summed E-state index contributed by atoms with van der Waals surface area (Å²) in [5.41, 5.74) is 6.47. The summed E-state index contributed by atoms with van der Waals surface area (Å²) < 4.78 is 37.2. The van der Waals surface area contributed by atoms with Crippen molar-refractivity contribution < 1.29 is 22.8 Å². The minimum absolute atomic E-state index is 0.421. The summed E-state index contributed by atoms with van der Waals surface area (Å²) >= 11 is 0. The summed E-state index contributed by atoms with van der Waals surface area (Å²) in [7, 11) is 0. The van der Waals surface area contributed by atoms with E-state index in [4.69, 9.17) is 5.53 Å². The van der Waals surface area contributed by atoms with E-state index in [1.165, 1.54) is 12.1 Å². The first-order chi connectivity index (χ1) is 6.96. The molecule has 78 valence electrons. The summed E-state index contributed by atoms with van der Waals surface area (Å²) in [6, 6.07) is 4.29. The maximum Gasteiger partial charge on any atom is 0.417 e. The third kappa shape index (κ3) is 2.51. The van der Waals surface area contributed by atoms with Gasteiger partial charge in [0, 0.05) is 5.56 Å². The van der Waals surface area contributed by atoms with Gasteiger partial charge < -0.3 is 5.53 Å². The zero-order valence-electron chi connectivity index (χ0n) is 7.32. The van der Waals surface area contributed by atoms with Gasteiger partial charge in [-0.1, -0.05) is 18.2 Å². The van der Waals surface area contributed by atoms with Crippen molar-refractivity contribution in [3.05, 3.63) is 40.9 Å². The molecule has 0 radical (unpaired) electrons. The maximum atomic E-state index is 12.4. The Labute approximate surface area is 82.8 Å². The van der Waals surface area contributed by atoms with E-state index in [0.29, 0.717) is 6.21 Å². The molecular weight excluding hydrogens is 209 g/mol. The van der Waals surface area contributed by atoms with E-state index in [1.54, 1.807) is 0 Å². The second-order valence-corrected chi connectivity index (χ2v) is 2.65. The van der Waals surface area contributed by atoms with Crippen molar-refractivity contribution in [2.75, 3.05) is 0 Å². The summed E-state index contributed by atoms with van der Waals surface area (Å²) in [5, 5.41) is 0. The zero-order valence-corrected chi connectivity index (χ0v) is 7.32. The SMILES string of the molecule is [N-]=[N+]=CC(=O)c1ccccc1C(F)(F)F. The van der Waals surface area contributed by atoms with E-state index in [-0.39, 0.29) is 0 Å². The quantitative estimate of drug-likeness (QED) is 0.322. The minimum atomic E-state index is -4.60. The fraction of sp³-hybridized carbons (Fsp3) is 0.111. The molecule has 0 aromatic heterocycles. The molecule has 1 aromatic carbocycles.